The molecule has 2 nitrogen and oxygen atoms in total. The van der Waals surface area contributed by atoms with Gasteiger partial charge in [-0.15, -0.1) is 22.7 Å². The molecule has 0 radical (unpaired) electrons. The minimum Gasteiger partial charge on any atom is -0.318 e. The van der Waals surface area contributed by atoms with E-state index in [-0.39, 0.29) is 6.04 Å². The van der Waals surface area contributed by atoms with Crippen LogP contribution in [-0.2, 0) is 0 Å². The van der Waals surface area contributed by atoms with Crippen LogP contribution in [-0.4, -0.2) is 4.98 Å². The first-order chi connectivity index (χ1) is 9.16. The van der Waals surface area contributed by atoms with E-state index in [0.717, 1.165) is 10.7 Å². The Kier molecular flexibility index (Phi) is 3.39. The lowest BCUT2D eigenvalue weighted by Crippen LogP contribution is -2.11. The highest BCUT2D eigenvalue weighted by Crippen LogP contribution is 2.33. The Morgan fingerprint density at radius 2 is 1.89 bits per heavy atom. The van der Waals surface area contributed by atoms with Crippen molar-refractivity contribution in [3.8, 4) is 0 Å². The highest BCUT2D eigenvalue weighted by atomic mass is 32.1. The number of thiophene rings is 1. The van der Waals surface area contributed by atoms with Crippen LogP contribution in [0.15, 0.2) is 35.0 Å². The predicted octanol–water partition coefficient (Wildman–Crippen LogP) is 4.53. The monoisotopic (exact) mass is 288 g/mol. The summed E-state index contributed by atoms with van der Waals surface area (Å²) in [6.07, 6.45) is 0. The SMILES string of the molecule is CC(C)c1csc(C(N)c2csc3ccccc23)n1. The van der Waals surface area contributed by atoms with Crippen molar-refractivity contribution in [2.45, 2.75) is 25.8 Å². The Morgan fingerprint density at radius 3 is 2.63 bits per heavy atom. The minimum atomic E-state index is -0.117. The first kappa shape index (κ1) is 12.8. The number of hydrogen-bond acceptors (Lipinski definition) is 4. The van der Waals surface area contributed by atoms with Gasteiger partial charge < -0.3 is 5.73 Å². The van der Waals surface area contributed by atoms with Crippen LogP contribution in [0, 0.1) is 0 Å². The fourth-order valence-corrected chi connectivity index (χ4v) is 4.08. The summed E-state index contributed by atoms with van der Waals surface area (Å²) in [5.41, 5.74) is 8.71. The van der Waals surface area contributed by atoms with Crippen molar-refractivity contribution >= 4 is 32.8 Å². The van der Waals surface area contributed by atoms with E-state index in [1.165, 1.54) is 15.6 Å². The molecule has 0 aliphatic heterocycles. The van der Waals surface area contributed by atoms with Gasteiger partial charge >= 0.3 is 0 Å². The standard InChI is InChI=1S/C15H16N2S2/c1-9(2)12-8-19-15(17-12)14(16)11-7-18-13-6-4-3-5-10(11)13/h3-9,14H,16H2,1-2H3. The van der Waals surface area contributed by atoms with Gasteiger partial charge in [-0.1, -0.05) is 32.0 Å². The molecule has 0 aliphatic carbocycles. The van der Waals surface area contributed by atoms with Gasteiger partial charge in [0.25, 0.3) is 0 Å². The molecule has 3 aromatic rings. The Hall–Kier alpha value is -1.23. The Morgan fingerprint density at radius 1 is 1.11 bits per heavy atom. The number of hydrogen-bond donors (Lipinski definition) is 1. The van der Waals surface area contributed by atoms with E-state index in [9.17, 15) is 0 Å². The van der Waals surface area contributed by atoms with Crippen LogP contribution in [0.1, 0.15) is 42.1 Å². The molecule has 1 aromatic carbocycles. The number of nitrogens with two attached hydrogens (primary N) is 1. The zero-order valence-corrected chi connectivity index (χ0v) is 12.6. The fourth-order valence-electron chi connectivity index (χ4n) is 2.08. The maximum absolute atomic E-state index is 6.39. The molecule has 4 heteroatoms. The quantitative estimate of drug-likeness (QED) is 0.769. The van der Waals surface area contributed by atoms with Crippen LogP contribution >= 0.6 is 22.7 Å². The molecule has 0 saturated carbocycles. The van der Waals surface area contributed by atoms with Gasteiger partial charge in [0.15, 0.2) is 0 Å². The largest absolute Gasteiger partial charge is 0.318 e. The minimum absolute atomic E-state index is 0.117. The Bertz CT molecular complexity index is 697. The molecule has 2 aromatic heterocycles. The number of benzene rings is 1. The molecule has 0 fully saturated rings. The molecular formula is C15H16N2S2. The van der Waals surface area contributed by atoms with Crippen LogP contribution in [0.2, 0.25) is 0 Å². The Balaban J connectivity index is 2.00. The van der Waals surface area contributed by atoms with Crippen molar-refractivity contribution in [2.24, 2.45) is 5.73 Å². The summed E-state index contributed by atoms with van der Waals surface area (Å²) < 4.78 is 1.29. The van der Waals surface area contributed by atoms with E-state index < -0.39 is 0 Å². The molecule has 0 aliphatic rings. The lowest BCUT2D eigenvalue weighted by molar-refractivity contribution is 0.799. The van der Waals surface area contributed by atoms with Gasteiger partial charge in [0.2, 0.25) is 0 Å². The second-order valence-electron chi connectivity index (χ2n) is 4.93. The molecule has 1 unspecified atom stereocenters. The summed E-state index contributed by atoms with van der Waals surface area (Å²) >= 11 is 3.41. The maximum Gasteiger partial charge on any atom is 0.114 e. The number of aromatic nitrogens is 1. The van der Waals surface area contributed by atoms with E-state index in [1.54, 1.807) is 22.7 Å². The summed E-state index contributed by atoms with van der Waals surface area (Å²) in [4.78, 5) is 4.67. The van der Waals surface area contributed by atoms with Gasteiger partial charge in [-0.2, -0.15) is 0 Å². The van der Waals surface area contributed by atoms with E-state index in [0.29, 0.717) is 5.92 Å². The van der Waals surface area contributed by atoms with Crippen LogP contribution in [0.5, 0.6) is 0 Å². The fraction of sp³-hybridized carbons (Fsp3) is 0.267. The topological polar surface area (TPSA) is 38.9 Å². The summed E-state index contributed by atoms with van der Waals surface area (Å²) in [5.74, 6) is 0.455. The van der Waals surface area contributed by atoms with Gasteiger partial charge in [0, 0.05) is 10.1 Å². The molecule has 0 amide bonds. The Labute approximate surface area is 120 Å². The van der Waals surface area contributed by atoms with Crippen LogP contribution in [0.3, 0.4) is 0 Å². The average Bonchev–Trinajstić information content (AvgIpc) is 3.05. The van der Waals surface area contributed by atoms with E-state index in [4.69, 9.17) is 5.73 Å². The third-order valence-corrected chi connectivity index (χ3v) is 5.17. The van der Waals surface area contributed by atoms with Crippen molar-refractivity contribution in [2.75, 3.05) is 0 Å². The van der Waals surface area contributed by atoms with Crippen LogP contribution < -0.4 is 5.73 Å². The van der Waals surface area contributed by atoms with Crippen molar-refractivity contribution in [1.29, 1.82) is 0 Å². The summed E-state index contributed by atoms with van der Waals surface area (Å²) in [5, 5.41) is 6.54. The third-order valence-electron chi connectivity index (χ3n) is 3.24. The summed E-state index contributed by atoms with van der Waals surface area (Å²) in [7, 11) is 0. The van der Waals surface area contributed by atoms with Crippen molar-refractivity contribution < 1.29 is 0 Å². The molecule has 3 rings (SSSR count). The number of fused-ring (bicyclic) bond motifs is 1. The van der Waals surface area contributed by atoms with Crippen molar-refractivity contribution in [3.63, 3.8) is 0 Å². The first-order valence-electron chi connectivity index (χ1n) is 6.34. The summed E-state index contributed by atoms with van der Waals surface area (Å²) in [6, 6.07) is 8.28. The zero-order valence-electron chi connectivity index (χ0n) is 11.0. The maximum atomic E-state index is 6.39. The molecule has 98 valence electrons. The normalized spacial score (nSPS) is 13.3. The number of rotatable bonds is 3. The third kappa shape index (κ3) is 2.31. The molecule has 19 heavy (non-hydrogen) atoms. The highest BCUT2D eigenvalue weighted by molar-refractivity contribution is 7.17. The van der Waals surface area contributed by atoms with Gasteiger partial charge in [-0.05, 0) is 28.3 Å². The van der Waals surface area contributed by atoms with Crippen molar-refractivity contribution in [3.05, 3.63) is 51.3 Å². The lowest BCUT2D eigenvalue weighted by atomic mass is 10.1. The summed E-state index contributed by atoms with van der Waals surface area (Å²) in [6.45, 7) is 4.31. The highest BCUT2D eigenvalue weighted by Gasteiger charge is 2.17. The second kappa shape index (κ2) is 5.04. The zero-order chi connectivity index (χ0) is 13.4. The molecular weight excluding hydrogens is 272 g/mol. The van der Waals surface area contributed by atoms with Crippen molar-refractivity contribution in [1.82, 2.24) is 4.98 Å². The smallest absolute Gasteiger partial charge is 0.114 e. The predicted molar refractivity (Wildman–Crippen MR) is 84.1 cm³/mol. The molecule has 2 N–H and O–H groups in total. The average molecular weight is 288 g/mol. The first-order valence-corrected chi connectivity index (χ1v) is 8.09. The number of nitrogens with zero attached hydrogens (tertiary/aromatic N) is 1. The lowest BCUT2D eigenvalue weighted by Gasteiger charge is -2.07. The van der Waals surface area contributed by atoms with E-state index in [1.807, 2.05) is 0 Å². The molecule has 0 bridgehead atoms. The van der Waals surface area contributed by atoms with E-state index in [2.05, 4.69) is 53.9 Å². The molecule has 1 atom stereocenters. The second-order valence-corrected chi connectivity index (χ2v) is 6.73. The van der Waals surface area contributed by atoms with E-state index >= 15 is 0 Å². The van der Waals surface area contributed by atoms with Crippen LogP contribution in [0.4, 0.5) is 0 Å². The van der Waals surface area contributed by atoms with Gasteiger partial charge in [0.05, 0.1) is 11.7 Å². The molecule has 2 heterocycles. The van der Waals surface area contributed by atoms with Gasteiger partial charge in [-0.3, -0.25) is 0 Å². The molecule has 0 spiro atoms. The number of thiazole rings is 1. The van der Waals surface area contributed by atoms with Crippen LogP contribution in [0.25, 0.3) is 10.1 Å². The molecule has 0 saturated heterocycles. The van der Waals surface area contributed by atoms with Gasteiger partial charge in [0.1, 0.15) is 5.01 Å². The van der Waals surface area contributed by atoms with Gasteiger partial charge in [-0.25, -0.2) is 4.98 Å².